The number of piperazine rings is 1. The van der Waals surface area contributed by atoms with Gasteiger partial charge in [-0.25, -0.2) is 4.98 Å². The van der Waals surface area contributed by atoms with Crippen molar-refractivity contribution in [2.24, 2.45) is 5.73 Å². The number of likely N-dealkylation sites (N-methyl/N-ethyl adjacent to an activating group) is 1. The lowest BCUT2D eigenvalue weighted by atomic mass is 10.2. The summed E-state index contributed by atoms with van der Waals surface area (Å²) >= 11 is 0. The molecular formula is C11H21N5. The Balaban J connectivity index is 1.83. The highest BCUT2D eigenvalue weighted by Gasteiger charge is 2.23. The minimum absolute atomic E-state index is 0.502. The minimum atomic E-state index is 0.502. The zero-order valence-corrected chi connectivity index (χ0v) is 9.92. The van der Waals surface area contributed by atoms with E-state index >= 15 is 0 Å². The Morgan fingerprint density at radius 2 is 2.25 bits per heavy atom. The van der Waals surface area contributed by atoms with Gasteiger partial charge in [-0.2, -0.15) is 0 Å². The van der Waals surface area contributed by atoms with Gasteiger partial charge in [0.25, 0.3) is 0 Å². The average Bonchev–Trinajstić information content (AvgIpc) is 2.80. The maximum Gasteiger partial charge on any atom is 0.0946 e. The van der Waals surface area contributed by atoms with Gasteiger partial charge >= 0.3 is 0 Å². The Morgan fingerprint density at radius 1 is 1.38 bits per heavy atom. The smallest absolute Gasteiger partial charge is 0.0946 e. The summed E-state index contributed by atoms with van der Waals surface area (Å²) in [5, 5.41) is 0. The molecule has 16 heavy (non-hydrogen) atoms. The first-order chi connectivity index (χ1) is 7.79. The largest absolute Gasteiger partial charge is 0.336 e. The first-order valence-electron chi connectivity index (χ1n) is 5.88. The SMILES string of the molecule is CN1CCN(CCn2ccnc2)C(CN)C1. The van der Waals surface area contributed by atoms with Crippen LogP contribution in [0.1, 0.15) is 0 Å². The van der Waals surface area contributed by atoms with Crippen LogP contribution in [0.5, 0.6) is 0 Å². The molecule has 90 valence electrons. The monoisotopic (exact) mass is 223 g/mol. The topological polar surface area (TPSA) is 50.3 Å². The summed E-state index contributed by atoms with van der Waals surface area (Å²) in [4.78, 5) is 8.89. The van der Waals surface area contributed by atoms with Crippen LogP contribution in [0.25, 0.3) is 0 Å². The number of hydrogen-bond donors (Lipinski definition) is 1. The van der Waals surface area contributed by atoms with Crippen molar-refractivity contribution in [3.05, 3.63) is 18.7 Å². The van der Waals surface area contributed by atoms with E-state index in [9.17, 15) is 0 Å². The summed E-state index contributed by atoms with van der Waals surface area (Å²) in [5.74, 6) is 0. The Morgan fingerprint density at radius 3 is 2.94 bits per heavy atom. The van der Waals surface area contributed by atoms with E-state index in [2.05, 4.69) is 26.4 Å². The summed E-state index contributed by atoms with van der Waals surface area (Å²) in [6, 6.07) is 0.502. The molecule has 2 rings (SSSR count). The van der Waals surface area contributed by atoms with Gasteiger partial charge < -0.3 is 15.2 Å². The Kier molecular flexibility index (Phi) is 3.93. The van der Waals surface area contributed by atoms with Gasteiger partial charge in [-0.3, -0.25) is 4.90 Å². The van der Waals surface area contributed by atoms with Gasteiger partial charge in [0.1, 0.15) is 0 Å². The predicted molar refractivity (Wildman–Crippen MR) is 64.1 cm³/mol. The lowest BCUT2D eigenvalue weighted by molar-refractivity contribution is 0.0912. The summed E-state index contributed by atoms with van der Waals surface area (Å²) in [6.45, 7) is 6.15. The van der Waals surface area contributed by atoms with Gasteiger partial charge in [0.15, 0.2) is 0 Å². The number of rotatable bonds is 4. The van der Waals surface area contributed by atoms with Crippen molar-refractivity contribution in [2.45, 2.75) is 12.6 Å². The maximum absolute atomic E-state index is 5.82. The maximum atomic E-state index is 5.82. The van der Waals surface area contributed by atoms with Gasteiger partial charge in [-0.1, -0.05) is 0 Å². The fraction of sp³-hybridized carbons (Fsp3) is 0.727. The second-order valence-corrected chi connectivity index (χ2v) is 4.49. The van der Waals surface area contributed by atoms with Crippen LogP contribution in [-0.4, -0.2) is 65.2 Å². The van der Waals surface area contributed by atoms with E-state index in [0.717, 1.165) is 39.3 Å². The number of nitrogens with two attached hydrogens (primary N) is 1. The molecule has 2 N–H and O–H groups in total. The average molecular weight is 223 g/mol. The van der Waals surface area contributed by atoms with Crippen molar-refractivity contribution >= 4 is 0 Å². The molecule has 5 heteroatoms. The number of imidazole rings is 1. The van der Waals surface area contributed by atoms with Crippen LogP contribution in [0.3, 0.4) is 0 Å². The Labute approximate surface area is 96.8 Å². The molecule has 2 heterocycles. The van der Waals surface area contributed by atoms with Gasteiger partial charge in [-0.15, -0.1) is 0 Å². The van der Waals surface area contributed by atoms with E-state index in [1.807, 2.05) is 18.7 Å². The van der Waals surface area contributed by atoms with Crippen molar-refractivity contribution < 1.29 is 0 Å². The molecule has 1 unspecified atom stereocenters. The molecule has 0 aliphatic carbocycles. The second kappa shape index (κ2) is 5.43. The van der Waals surface area contributed by atoms with Crippen molar-refractivity contribution in [2.75, 3.05) is 39.8 Å². The highest BCUT2D eigenvalue weighted by molar-refractivity contribution is 4.82. The molecule has 1 atom stereocenters. The van der Waals surface area contributed by atoms with Crippen LogP contribution in [0, 0.1) is 0 Å². The van der Waals surface area contributed by atoms with Crippen molar-refractivity contribution in [1.29, 1.82) is 0 Å². The van der Waals surface area contributed by atoms with Crippen molar-refractivity contribution in [3.8, 4) is 0 Å². The number of aromatic nitrogens is 2. The highest BCUT2D eigenvalue weighted by Crippen LogP contribution is 2.07. The fourth-order valence-electron chi connectivity index (χ4n) is 2.23. The molecule has 1 aliphatic rings. The van der Waals surface area contributed by atoms with E-state index in [1.54, 1.807) is 0 Å². The standard InChI is InChI=1S/C11H21N5/c1-14-4-6-16(11(8-12)9-14)7-5-15-3-2-13-10-15/h2-3,10-11H,4-9,12H2,1H3. The van der Waals surface area contributed by atoms with Gasteiger partial charge in [0.05, 0.1) is 6.33 Å². The van der Waals surface area contributed by atoms with Crippen LogP contribution < -0.4 is 5.73 Å². The quantitative estimate of drug-likeness (QED) is 0.745. The van der Waals surface area contributed by atoms with Crippen LogP contribution in [-0.2, 0) is 6.54 Å². The molecule has 1 fully saturated rings. The third kappa shape index (κ3) is 2.81. The van der Waals surface area contributed by atoms with Gasteiger partial charge in [0.2, 0.25) is 0 Å². The van der Waals surface area contributed by atoms with E-state index in [-0.39, 0.29) is 0 Å². The van der Waals surface area contributed by atoms with Gasteiger partial charge in [-0.05, 0) is 7.05 Å². The van der Waals surface area contributed by atoms with Crippen LogP contribution in [0.2, 0.25) is 0 Å². The first-order valence-corrected chi connectivity index (χ1v) is 5.88. The van der Waals surface area contributed by atoms with Crippen LogP contribution in [0.15, 0.2) is 18.7 Å². The minimum Gasteiger partial charge on any atom is -0.336 e. The van der Waals surface area contributed by atoms with Crippen molar-refractivity contribution in [1.82, 2.24) is 19.4 Å². The molecular weight excluding hydrogens is 202 g/mol. The zero-order valence-electron chi connectivity index (χ0n) is 9.92. The lowest BCUT2D eigenvalue weighted by Gasteiger charge is -2.39. The first kappa shape index (κ1) is 11.6. The van der Waals surface area contributed by atoms with Crippen molar-refractivity contribution in [3.63, 3.8) is 0 Å². The Bertz CT molecular complexity index is 297. The molecule has 5 nitrogen and oxygen atoms in total. The molecule has 0 aromatic carbocycles. The highest BCUT2D eigenvalue weighted by atomic mass is 15.3. The molecule has 1 aromatic rings. The molecule has 0 radical (unpaired) electrons. The summed E-state index contributed by atoms with van der Waals surface area (Å²) in [5.41, 5.74) is 5.82. The fourth-order valence-corrected chi connectivity index (χ4v) is 2.23. The van der Waals surface area contributed by atoms with E-state index in [4.69, 9.17) is 5.73 Å². The Hall–Kier alpha value is -0.910. The third-order valence-corrected chi connectivity index (χ3v) is 3.28. The lowest BCUT2D eigenvalue weighted by Crippen LogP contribution is -2.55. The molecule has 1 aromatic heterocycles. The summed E-state index contributed by atoms with van der Waals surface area (Å²) in [6.07, 6.45) is 5.70. The molecule has 0 spiro atoms. The zero-order chi connectivity index (χ0) is 11.4. The summed E-state index contributed by atoms with van der Waals surface area (Å²) < 4.78 is 2.12. The molecule has 1 saturated heterocycles. The molecule has 1 aliphatic heterocycles. The summed E-state index contributed by atoms with van der Waals surface area (Å²) in [7, 11) is 2.16. The molecule has 0 amide bonds. The predicted octanol–water partition coefficient (Wildman–Crippen LogP) is -0.542. The third-order valence-electron chi connectivity index (χ3n) is 3.28. The molecule has 0 saturated carbocycles. The normalized spacial score (nSPS) is 23.8. The van der Waals surface area contributed by atoms with Gasteiger partial charge in [0, 0.05) is 57.7 Å². The number of nitrogens with zero attached hydrogens (tertiary/aromatic N) is 4. The van der Waals surface area contributed by atoms with E-state index < -0.39 is 0 Å². The number of hydrogen-bond acceptors (Lipinski definition) is 4. The van der Waals surface area contributed by atoms with E-state index in [0.29, 0.717) is 6.04 Å². The van der Waals surface area contributed by atoms with Crippen LogP contribution in [0.4, 0.5) is 0 Å². The second-order valence-electron chi connectivity index (χ2n) is 4.49. The van der Waals surface area contributed by atoms with Crippen LogP contribution >= 0.6 is 0 Å². The van der Waals surface area contributed by atoms with E-state index in [1.165, 1.54) is 0 Å². The molecule has 0 bridgehead atoms.